The molecule has 0 aliphatic heterocycles. The van der Waals surface area contributed by atoms with Crippen molar-refractivity contribution in [2.75, 3.05) is 0 Å². The number of nitrogens with one attached hydrogen (secondary N) is 8. The molecule has 0 aromatic heterocycles. The highest BCUT2D eigenvalue weighted by Gasteiger charge is 2.37. The fourth-order valence-corrected chi connectivity index (χ4v) is 8.01. The van der Waals surface area contributed by atoms with Crippen molar-refractivity contribution < 1.29 is 113 Å². The minimum Gasteiger partial charge on any atom is -0.508 e. The standard InChI is InChI=1S/C54H65N9O23/c55-31(15-18-40(65)66)46(77)58-37(24-43(71)72)52(83)60-34(21-27-7-3-1-4-8-27)49(80)57-33(17-20-42(69)70)48(79)62-38(25-44(73)74)53(84)61-36(23-29-11-13-30(64)14-12-29)50(81)56-32(16-19-41(67)68)47(78)59-35(22-28-9-5-2-6-10-28)51(82)63-39(54(85)86)26-45(75)76/h1-14,31-39,64H,15-26,55H2,(H,56,81)(H,57,80)(H,58,77)(H,59,78)(H,60,83)(H,61,84)(H,62,79)(H,63,82)(H,65,66)(H,67,68)(H,69,70)(H,71,72)(H,73,74)(H,75,76)(H,85,86)/t31-,32-,33-,34-,35-,36-,37-,38-,39-/m0/s1. The van der Waals surface area contributed by atoms with Crippen LogP contribution >= 0.6 is 0 Å². The summed E-state index contributed by atoms with van der Waals surface area (Å²) in [7, 11) is 0. The lowest BCUT2D eigenvalue weighted by Gasteiger charge is -2.28. The summed E-state index contributed by atoms with van der Waals surface area (Å²) in [5.41, 5.74) is 6.64. The van der Waals surface area contributed by atoms with Crippen LogP contribution in [0.5, 0.6) is 5.75 Å². The van der Waals surface area contributed by atoms with Crippen molar-refractivity contribution >= 4 is 89.0 Å². The van der Waals surface area contributed by atoms with Gasteiger partial charge in [0.1, 0.15) is 54.1 Å². The van der Waals surface area contributed by atoms with Gasteiger partial charge in [-0.25, -0.2) is 4.79 Å². The Morgan fingerprint density at radius 1 is 0.314 bits per heavy atom. The summed E-state index contributed by atoms with van der Waals surface area (Å²) in [6, 6.07) is 3.28. The molecule has 32 nitrogen and oxygen atoms in total. The third-order valence-electron chi connectivity index (χ3n) is 12.4. The van der Waals surface area contributed by atoms with Gasteiger partial charge >= 0.3 is 41.8 Å². The Bertz CT molecular complexity index is 2950. The molecule has 3 aromatic rings. The molecule has 86 heavy (non-hydrogen) atoms. The number of phenols is 1. The number of hydrogen-bond donors (Lipinski definition) is 17. The van der Waals surface area contributed by atoms with Crippen LogP contribution in [0, 0.1) is 0 Å². The molecule has 0 radical (unpaired) electrons. The summed E-state index contributed by atoms with van der Waals surface area (Å²) in [4.78, 5) is 193. The van der Waals surface area contributed by atoms with Crippen LogP contribution in [0.4, 0.5) is 0 Å². The van der Waals surface area contributed by atoms with Gasteiger partial charge in [-0.15, -0.1) is 0 Å². The molecule has 0 fully saturated rings. The zero-order valence-electron chi connectivity index (χ0n) is 45.5. The van der Waals surface area contributed by atoms with E-state index in [1.807, 2.05) is 5.32 Å². The Kier molecular flexibility index (Phi) is 28.2. The number of benzene rings is 3. The molecule has 0 saturated carbocycles. The summed E-state index contributed by atoms with van der Waals surface area (Å²) < 4.78 is 0. The molecule has 0 heterocycles. The van der Waals surface area contributed by atoms with E-state index in [1.54, 1.807) is 24.3 Å². The maximum Gasteiger partial charge on any atom is 0.326 e. The van der Waals surface area contributed by atoms with Gasteiger partial charge < -0.3 is 89.1 Å². The number of hydrogen-bond acceptors (Lipinski definition) is 17. The number of carbonyl (C=O) groups excluding carboxylic acids is 8. The first-order valence-electron chi connectivity index (χ1n) is 26.1. The van der Waals surface area contributed by atoms with Gasteiger partial charge in [0.05, 0.1) is 25.3 Å². The molecule has 0 bridgehead atoms. The van der Waals surface area contributed by atoms with E-state index in [0.717, 1.165) is 0 Å². The average molecular weight is 1210 g/mol. The van der Waals surface area contributed by atoms with Gasteiger partial charge in [0.25, 0.3) is 0 Å². The lowest BCUT2D eigenvalue weighted by molar-refractivity contribution is -0.147. The smallest absolute Gasteiger partial charge is 0.326 e. The molecule has 0 aliphatic carbocycles. The van der Waals surface area contributed by atoms with E-state index in [9.17, 15) is 108 Å². The zero-order valence-corrected chi connectivity index (χ0v) is 45.5. The first-order chi connectivity index (χ1) is 40.5. The van der Waals surface area contributed by atoms with E-state index in [4.69, 9.17) is 10.8 Å². The van der Waals surface area contributed by atoms with Crippen molar-refractivity contribution in [1.82, 2.24) is 42.5 Å². The molecule has 9 atom stereocenters. The SMILES string of the molecule is N[C@@H](CCC(=O)O)C(=O)N[C@@H](CC(=O)O)C(=O)N[C@@H](Cc1ccccc1)C(=O)N[C@@H](CCC(=O)O)C(=O)N[C@@H](CC(=O)O)C(=O)N[C@@H](Cc1ccc(O)cc1)C(=O)N[C@@H](CCC(=O)O)C(=O)N[C@@H](Cc1ccccc1)C(=O)N[C@@H](CC(=O)O)C(=O)O. The molecule has 0 unspecified atom stereocenters. The van der Waals surface area contributed by atoms with Gasteiger partial charge in [0, 0.05) is 38.5 Å². The third kappa shape index (κ3) is 25.7. The molecular formula is C54H65N9O23. The number of carboxylic acid groups (broad SMARTS) is 7. The van der Waals surface area contributed by atoms with Crippen LogP contribution < -0.4 is 48.3 Å². The summed E-state index contributed by atoms with van der Waals surface area (Å²) in [5, 5.41) is 94.2. The molecular weight excluding hydrogens is 1140 g/mol. The number of carboxylic acids is 7. The quantitative estimate of drug-likeness (QED) is 0.0268. The number of rotatable bonds is 38. The van der Waals surface area contributed by atoms with Crippen LogP contribution in [-0.2, 0) is 91.2 Å². The Balaban J connectivity index is 2.02. The summed E-state index contributed by atoms with van der Waals surface area (Å²) in [6.07, 6.45) is -9.02. The number of carbonyl (C=O) groups is 15. The highest BCUT2D eigenvalue weighted by Crippen LogP contribution is 2.15. The van der Waals surface area contributed by atoms with Gasteiger partial charge in [0.15, 0.2) is 0 Å². The third-order valence-corrected chi connectivity index (χ3v) is 12.4. The van der Waals surface area contributed by atoms with Gasteiger partial charge in [0.2, 0.25) is 47.3 Å². The van der Waals surface area contributed by atoms with Crippen LogP contribution in [0.2, 0.25) is 0 Å². The molecule has 32 heteroatoms. The van der Waals surface area contributed by atoms with Crippen LogP contribution in [0.25, 0.3) is 0 Å². The summed E-state index contributed by atoms with van der Waals surface area (Å²) in [6.45, 7) is 0. The maximum absolute atomic E-state index is 14.4. The Hall–Kier alpha value is -10.5. The number of amides is 8. The van der Waals surface area contributed by atoms with Gasteiger partial charge in [-0.2, -0.15) is 0 Å². The second kappa shape index (κ2) is 34.8. The molecule has 0 saturated heterocycles. The van der Waals surface area contributed by atoms with Crippen molar-refractivity contribution in [3.8, 4) is 5.75 Å². The molecule has 3 aromatic carbocycles. The number of nitrogens with two attached hydrogens (primary N) is 1. The van der Waals surface area contributed by atoms with E-state index in [1.165, 1.54) is 60.7 Å². The number of phenolic OH excluding ortho intramolecular Hbond substituents is 1. The Morgan fingerprint density at radius 3 is 0.919 bits per heavy atom. The lowest BCUT2D eigenvalue weighted by Crippen LogP contribution is -2.61. The lowest BCUT2D eigenvalue weighted by atomic mass is 10.0. The van der Waals surface area contributed by atoms with Crippen molar-refractivity contribution in [1.29, 1.82) is 0 Å². The molecule has 464 valence electrons. The van der Waals surface area contributed by atoms with Crippen LogP contribution in [0.3, 0.4) is 0 Å². The van der Waals surface area contributed by atoms with Gasteiger partial charge in [-0.1, -0.05) is 72.8 Å². The second-order valence-electron chi connectivity index (χ2n) is 19.3. The summed E-state index contributed by atoms with van der Waals surface area (Å²) in [5.74, 6) is -21.7. The van der Waals surface area contributed by atoms with Crippen LogP contribution in [-0.4, -0.2) is 184 Å². The fourth-order valence-electron chi connectivity index (χ4n) is 8.01. The van der Waals surface area contributed by atoms with Crippen molar-refractivity contribution in [2.45, 2.75) is 131 Å². The van der Waals surface area contributed by atoms with Gasteiger partial charge in [-0.05, 0) is 48.1 Å². The Labute approximate surface area is 487 Å². The van der Waals surface area contributed by atoms with Gasteiger partial charge in [-0.3, -0.25) is 67.1 Å². The van der Waals surface area contributed by atoms with Crippen LogP contribution in [0.1, 0.15) is 74.5 Å². The highest BCUT2D eigenvalue weighted by molar-refractivity contribution is 6.00. The minimum absolute atomic E-state index is 0.173. The monoisotopic (exact) mass is 1210 g/mol. The second-order valence-corrected chi connectivity index (χ2v) is 19.3. The molecule has 3 rings (SSSR count). The molecule has 0 aliphatic rings. The van der Waals surface area contributed by atoms with Crippen LogP contribution in [0.15, 0.2) is 84.9 Å². The minimum atomic E-state index is -2.21. The van der Waals surface area contributed by atoms with E-state index >= 15 is 0 Å². The van der Waals surface area contributed by atoms with Crippen molar-refractivity contribution in [3.05, 3.63) is 102 Å². The topological polar surface area (TPSA) is 540 Å². The van der Waals surface area contributed by atoms with Crippen molar-refractivity contribution in [3.63, 3.8) is 0 Å². The highest BCUT2D eigenvalue weighted by atomic mass is 16.4. The summed E-state index contributed by atoms with van der Waals surface area (Å²) >= 11 is 0. The maximum atomic E-state index is 14.4. The van der Waals surface area contributed by atoms with E-state index in [2.05, 4.69) is 37.2 Å². The van der Waals surface area contributed by atoms with Crippen molar-refractivity contribution in [2.24, 2.45) is 5.73 Å². The fraction of sp³-hybridized carbons (Fsp3) is 0.389. The number of aromatic hydroxyl groups is 1. The first kappa shape index (κ1) is 69.7. The molecule has 8 amide bonds. The largest absolute Gasteiger partial charge is 0.508 e. The van der Waals surface area contributed by atoms with E-state index in [0.29, 0.717) is 11.1 Å². The van der Waals surface area contributed by atoms with E-state index < -0.39 is 214 Å². The predicted molar refractivity (Wildman–Crippen MR) is 291 cm³/mol. The zero-order chi connectivity index (χ0) is 64.2. The normalized spacial score (nSPS) is 13.9. The van der Waals surface area contributed by atoms with E-state index in [-0.39, 0.29) is 17.7 Å². The predicted octanol–water partition coefficient (Wildman–Crippen LogP) is -3.27. The first-order valence-corrected chi connectivity index (χ1v) is 26.1. The average Bonchev–Trinajstić information content (AvgIpc) is 2.34. The molecule has 0 spiro atoms. The number of aliphatic carboxylic acids is 7. The Morgan fingerprint density at radius 2 is 0.581 bits per heavy atom. The molecule has 18 N–H and O–H groups in total.